The zero-order valence-electron chi connectivity index (χ0n) is 6.14. The summed E-state index contributed by atoms with van der Waals surface area (Å²) in [7, 11) is 0. The van der Waals surface area contributed by atoms with Gasteiger partial charge in [0.1, 0.15) is 25.7 Å². The maximum Gasteiger partial charge on any atom is 0.130 e. The van der Waals surface area contributed by atoms with Crippen molar-refractivity contribution in [2.24, 2.45) is 0 Å². The molecule has 0 bridgehead atoms. The van der Waals surface area contributed by atoms with Crippen LogP contribution in [0.15, 0.2) is 0 Å². The molecule has 2 heterocycles. The standard InChI is InChI=1S/C7H13NO2/c1-3-9-4-2-8(1)5-7-6-10-7/h7H,1-6H2/p+1/t7-/m0/s1. The molecule has 0 aliphatic carbocycles. The summed E-state index contributed by atoms with van der Waals surface area (Å²) >= 11 is 0. The topological polar surface area (TPSA) is 26.2 Å². The maximum atomic E-state index is 5.24. The number of hydrogen-bond donors (Lipinski definition) is 1. The van der Waals surface area contributed by atoms with Gasteiger partial charge in [0.15, 0.2) is 0 Å². The maximum absolute atomic E-state index is 5.24. The van der Waals surface area contributed by atoms with Crippen LogP contribution in [0.25, 0.3) is 0 Å². The quantitative estimate of drug-likeness (QED) is 0.468. The lowest BCUT2D eigenvalue weighted by atomic mass is 10.3. The molecule has 0 radical (unpaired) electrons. The molecule has 0 aromatic carbocycles. The highest BCUT2D eigenvalue weighted by atomic mass is 16.6. The first-order chi connectivity index (χ1) is 4.95. The molecule has 2 saturated heterocycles. The third-order valence-electron chi connectivity index (χ3n) is 2.12. The van der Waals surface area contributed by atoms with E-state index < -0.39 is 0 Å². The first kappa shape index (κ1) is 6.58. The third kappa shape index (κ3) is 1.68. The molecule has 3 heteroatoms. The van der Waals surface area contributed by atoms with Gasteiger partial charge in [0.05, 0.1) is 19.8 Å². The molecule has 0 aromatic heterocycles. The zero-order valence-corrected chi connectivity index (χ0v) is 6.14. The van der Waals surface area contributed by atoms with Gasteiger partial charge in [0.2, 0.25) is 0 Å². The minimum atomic E-state index is 0.577. The first-order valence-corrected chi connectivity index (χ1v) is 3.98. The highest BCUT2D eigenvalue weighted by Crippen LogP contribution is 2.04. The Morgan fingerprint density at radius 1 is 1.30 bits per heavy atom. The second kappa shape index (κ2) is 2.86. The molecule has 1 atom stereocenters. The van der Waals surface area contributed by atoms with Gasteiger partial charge in [-0.3, -0.25) is 0 Å². The summed E-state index contributed by atoms with van der Waals surface area (Å²) < 4.78 is 10.4. The van der Waals surface area contributed by atoms with Gasteiger partial charge < -0.3 is 14.4 Å². The van der Waals surface area contributed by atoms with Crippen LogP contribution in [-0.4, -0.2) is 45.6 Å². The Hall–Kier alpha value is -0.120. The average Bonchev–Trinajstić information content (AvgIpc) is 2.74. The van der Waals surface area contributed by atoms with E-state index in [2.05, 4.69) is 0 Å². The van der Waals surface area contributed by atoms with Crippen LogP contribution in [0.1, 0.15) is 0 Å². The van der Waals surface area contributed by atoms with Crippen molar-refractivity contribution >= 4 is 0 Å². The number of quaternary nitrogens is 1. The second-order valence-electron chi connectivity index (χ2n) is 3.02. The number of morpholine rings is 1. The van der Waals surface area contributed by atoms with Crippen LogP contribution in [0.5, 0.6) is 0 Å². The summed E-state index contributed by atoms with van der Waals surface area (Å²) in [6.45, 7) is 6.39. The van der Waals surface area contributed by atoms with Crippen molar-refractivity contribution < 1.29 is 14.4 Å². The minimum Gasteiger partial charge on any atom is -0.370 e. The molecule has 0 amide bonds. The molecular formula is C7H14NO2+. The predicted molar refractivity (Wildman–Crippen MR) is 36.1 cm³/mol. The van der Waals surface area contributed by atoms with Gasteiger partial charge in [0.25, 0.3) is 0 Å². The van der Waals surface area contributed by atoms with Crippen LogP contribution < -0.4 is 4.90 Å². The number of hydrogen-bond acceptors (Lipinski definition) is 2. The summed E-state index contributed by atoms with van der Waals surface area (Å²) in [4.78, 5) is 1.65. The normalized spacial score (nSPS) is 34.2. The number of ether oxygens (including phenoxy) is 2. The molecule has 2 rings (SSSR count). The Bertz CT molecular complexity index is 108. The molecule has 58 valence electrons. The smallest absolute Gasteiger partial charge is 0.130 e. The van der Waals surface area contributed by atoms with Crippen molar-refractivity contribution in [2.75, 3.05) is 39.5 Å². The van der Waals surface area contributed by atoms with Crippen LogP contribution >= 0.6 is 0 Å². The highest BCUT2D eigenvalue weighted by molar-refractivity contribution is 4.66. The Kier molecular flexibility index (Phi) is 1.88. The van der Waals surface area contributed by atoms with Crippen LogP contribution in [0.2, 0.25) is 0 Å². The molecular weight excluding hydrogens is 130 g/mol. The summed E-state index contributed by atoms with van der Waals surface area (Å²) in [6, 6.07) is 0. The van der Waals surface area contributed by atoms with Crippen LogP contribution in [-0.2, 0) is 9.47 Å². The van der Waals surface area contributed by atoms with Crippen molar-refractivity contribution in [3.05, 3.63) is 0 Å². The largest absolute Gasteiger partial charge is 0.370 e. The Labute approximate surface area is 60.9 Å². The lowest BCUT2D eigenvalue weighted by Crippen LogP contribution is -3.14. The number of nitrogens with one attached hydrogen (secondary N) is 1. The molecule has 0 saturated carbocycles. The third-order valence-corrected chi connectivity index (χ3v) is 2.12. The van der Waals surface area contributed by atoms with E-state index in [0.717, 1.165) is 19.8 Å². The Balaban J connectivity index is 1.69. The lowest BCUT2D eigenvalue weighted by molar-refractivity contribution is -0.908. The van der Waals surface area contributed by atoms with E-state index in [0.29, 0.717) is 6.10 Å². The lowest BCUT2D eigenvalue weighted by Gasteiger charge is -2.22. The van der Waals surface area contributed by atoms with Gasteiger partial charge in [-0.15, -0.1) is 0 Å². The van der Waals surface area contributed by atoms with E-state index >= 15 is 0 Å². The van der Waals surface area contributed by atoms with Gasteiger partial charge in [0, 0.05) is 0 Å². The first-order valence-electron chi connectivity index (χ1n) is 3.98. The van der Waals surface area contributed by atoms with Crippen LogP contribution in [0.4, 0.5) is 0 Å². The van der Waals surface area contributed by atoms with Crippen LogP contribution in [0, 0.1) is 0 Å². The van der Waals surface area contributed by atoms with Crippen molar-refractivity contribution in [3.8, 4) is 0 Å². The average molecular weight is 144 g/mol. The van der Waals surface area contributed by atoms with E-state index in [1.165, 1.54) is 19.6 Å². The van der Waals surface area contributed by atoms with Crippen LogP contribution in [0.3, 0.4) is 0 Å². The van der Waals surface area contributed by atoms with Crippen molar-refractivity contribution in [2.45, 2.75) is 6.10 Å². The fourth-order valence-corrected chi connectivity index (χ4v) is 1.37. The molecule has 2 aliphatic rings. The minimum absolute atomic E-state index is 0.577. The van der Waals surface area contributed by atoms with E-state index in [1.54, 1.807) is 4.90 Å². The van der Waals surface area contributed by atoms with Crippen molar-refractivity contribution in [1.82, 2.24) is 0 Å². The van der Waals surface area contributed by atoms with Crippen molar-refractivity contribution in [1.29, 1.82) is 0 Å². The SMILES string of the molecule is C1C[NH+](C[C@H]2CO2)CCO1. The molecule has 2 fully saturated rings. The van der Waals surface area contributed by atoms with Gasteiger partial charge in [-0.05, 0) is 0 Å². The fourth-order valence-electron chi connectivity index (χ4n) is 1.37. The van der Waals surface area contributed by atoms with Gasteiger partial charge in [-0.2, -0.15) is 0 Å². The molecule has 1 N–H and O–H groups in total. The Morgan fingerprint density at radius 2 is 2.00 bits per heavy atom. The number of epoxide rings is 1. The Morgan fingerprint density at radius 3 is 2.60 bits per heavy atom. The van der Waals surface area contributed by atoms with Gasteiger partial charge in [-0.25, -0.2) is 0 Å². The molecule has 0 spiro atoms. The molecule has 0 unspecified atom stereocenters. The van der Waals surface area contributed by atoms with Gasteiger partial charge >= 0.3 is 0 Å². The molecule has 0 aromatic rings. The van der Waals surface area contributed by atoms with E-state index in [1.807, 2.05) is 0 Å². The van der Waals surface area contributed by atoms with Crippen molar-refractivity contribution in [3.63, 3.8) is 0 Å². The van der Waals surface area contributed by atoms with E-state index in [4.69, 9.17) is 9.47 Å². The summed E-state index contributed by atoms with van der Waals surface area (Å²) in [5, 5.41) is 0. The zero-order chi connectivity index (χ0) is 6.81. The molecule has 10 heavy (non-hydrogen) atoms. The van der Waals surface area contributed by atoms with E-state index in [-0.39, 0.29) is 0 Å². The fraction of sp³-hybridized carbons (Fsp3) is 1.00. The number of rotatable bonds is 2. The van der Waals surface area contributed by atoms with E-state index in [9.17, 15) is 0 Å². The highest BCUT2D eigenvalue weighted by Gasteiger charge is 2.28. The van der Waals surface area contributed by atoms with Gasteiger partial charge in [-0.1, -0.05) is 0 Å². The molecule has 3 nitrogen and oxygen atoms in total. The predicted octanol–water partition coefficient (Wildman–Crippen LogP) is -1.70. The summed E-state index contributed by atoms with van der Waals surface area (Å²) in [5.41, 5.74) is 0. The second-order valence-corrected chi connectivity index (χ2v) is 3.02. The summed E-state index contributed by atoms with van der Waals surface area (Å²) in [5.74, 6) is 0. The monoisotopic (exact) mass is 144 g/mol. The molecule has 2 aliphatic heterocycles. The summed E-state index contributed by atoms with van der Waals surface area (Å²) in [6.07, 6.45) is 0.577.